The van der Waals surface area contributed by atoms with Crippen LogP contribution in [-0.4, -0.2) is 10.8 Å². The van der Waals surface area contributed by atoms with Gasteiger partial charge in [-0.1, -0.05) is 50.0 Å². The van der Waals surface area contributed by atoms with Crippen molar-refractivity contribution in [2.75, 3.05) is 0 Å². The molecule has 0 atom stereocenters. The molecular formula is C15H15Cl2NOS. The standard InChI is InChI=1S/C15H15Cl2NOS/c1-15(2,3)12-8-20-13(18-12)7-11(19)9-5-4-6-10(16)14(9)17/h4-6,8H,7H2,1-3H3. The quantitative estimate of drug-likeness (QED) is 0.727. The highest BCUT2D eigenvalue weighted by molar-refractivity contribution is 7.09. The van der Waals surface area contributed by atoms with Gasteiger partial charge < -0.3 is 0 Å². The second-order valence-electron chi connectivity index (χ2n) is 5.58. The molecule has 1 aromatic heterocycles. The van der Waals surface area contributed by atoms with Crippen LogP contribution in [0, 0.1) is 0 Å². The highest BCUT2D eigenvalue weighted by Gasteiger charge is 2.19. The van der Waals surface area contributed by atoms with Gasteiger partial charge in [0.05, 0.1) is 22.2 Å². The zero-order chi connectivity index (χ0) is 14.9. The van der Waals surface area contributed by atoms with E-state index in [-0.39, 0.29) is 17.6 Å². The summed E-state index contributed by atoms with van der Waals surface area (Å²) in [6, 6.07) is 5.08. The van der Waals surface area contributed by atoms with E-state index >= 15 is 0 Å². The number of hydrogen-bond donors (Lipinski definition) is 0. The number of rotatable bonds is 3. The molecule has 1 heterocycles. The summed E-state index contributed by atoms with van der Waals surface area (Å²) < 4.78 is 0. The molecule has 0 bridgehead atoms. The Kier molecular flexibility index (Phi) is 4.52. The summed E-state index contributed by atoms with van der Waals surface area (Å²) in [5, 5.41) is 3.51. The third kappa shape index (κ3) is 3.40. The van der Waals surface area contributed by atoms with Crippen molar-refractivity contribution >= 4 is 40.3 Å². The molecule has 0 N–H and O–H groups in total. The van der Waals surface area contributed by atoms with Gasteiger partial charge in [0.15, 0.2) is 5.78 Å². The SMILES string of the molecule is CC(C)(C)c1csc(CC(=O)c2cccc(Cl)c2Cl)n1. The fourth-order valence-corrected chi connectivity index (χ4v) is 3.11. The fraction of sp³-hybridized carbons (Fsp3) is 0.333. The Bertz CT molecular complexity index is 644. The fourth-order valence-electron chi connectivity index (χ4n) is 1.69. The van der Waals surface area contributed by atoms with Crippen molar-refractivity contribution in [3.63, 3.8) is 0 Å². The summed E-state index contributed by atoms with van der Waals surface area (Å²) in [4.78, 5) is 16.8. The maximum atomic E-state index is 12.3. The molecule has 20 heavy (non-hydrogen) atoms. The molecule has 0 unspecified atom stereocenters. The van der Waals surface area contributed by atoms with E-state index in [1.165, 1.54) is 11.3 Å². The van der Waals surface area contributed by atoms with Crippen LogP contribution in [0.25, 0.3) is 0 Å². The number of benzene rings is 1. The summed E-state index contributed by atoms with van der Waals surface area (Å²) in [5.41, 5.74) is 1.44. The Morgan fingerprint density at radius 2 is 2.00 bits per heavy atom. The van der Waals surface area contributed by atoms with E-state index in [4.69, 9.17) is 23.2 Å². The summed E-state index contributed by atoms with van der Waals surface area (Å²) in [7, 11) is 0. The molecule has 0 spiro atoms. The normalized spacial score (nSPS) is 11.7. The number of aromatic nitrogens is 1. The lowest BCUT2D eigenvalue weighted by Crippen LogP contribution is -2.12. The van der Waals surface area contributed by atoms with Crippen molar-refractivity contribution in [3.05, 3.63) is 49.9 Å². The highest BCUT2D eigenvalue weighted by atomic mass is 35.5. The van der Waals surface area contributed by atoms with Crippen LogP contribution in [0.3, 0.4) is 0 Å². The Balaban J connectivity index is 2.20. The molecule has 1 aromatic carbocycles. The molecule has 2 rings (SSSR count). The molecule has 0 aliphatic carbocycles. The average molecular weight is 328 g/mol. The van der Waals surface area contributed by atoms with Crippen LogP contribution in [-0.2, 0) is 11.8 Å². The Labute approximate surface area is 132 Å². The molecule has 0 aliphatic heterocycles. The van der Waals surface area contributed by atoms with Gasteiger partial charge in [0.25, 0.3) is 0 Å². The number of nitrogens with zero attached hydrogens (tertiary/aromatic N) is 1. The van der Waals surface area contributed by atoms with Gasteiger partial charge in [-0.15, -0.1) is 11.3 Å². The number of Topliss-reactive ketones (excluding diaryl/α,β-unsaturated/α-hetero) is 1. The first-order chi connectivity index (χ1) is 9.29. The van der Waals surface area contributed by atoms with Gasteiger partial charge in [-0.2, -0.15) is 0 Å². The first-order valence-corrected chi connectivity index (χ1v) is 7.84. The molecule has 106 valence electrons. The van der Waals surface area contributed by atoms with Crippen molar-refractivity contribution in [3.8, 4) is 0 Å². The van der Waals surface area contributed by atoms with Gasteiger partial charge in [0.1, 0.15) is 5.01 Å². The van der Waals surface area contributed by atoms with E-state index in [2.05, 4.69) is 25.8 Å². The van der Waals surface area contributed by atoms with Gasteiger partial charge in [-0.25, -0.2) is 4.98 Å². The first-order valence-electron chi connectivity index (χ1n) is 6.21. The number of carbonyl (C=O) groups excluding carboxylic acids is 1. The number of halogens is 2. The first kappa shape index (κ1) is 15.5. The van der Waals surface area contributed by atoms with E-state index in [0.29, 0.717) is 15.6 Å². The third-order valence-electron chi connectivity index (χ3n) is 2.88. The van der Waals surface area contributed by atoms with E-state index < -0.39 is 0 Å². The summed E-state index contributed by atoms with van der Waals surface area (Å²) in [6.07, 6.45) is 0.251. The van der Waals surface area contributed by atoms with Crippen LogP contribution in [0.15, 0.2) is 23.6 Å². The van der Waals surface area contributed by atoms with Gasteiger partial charge in [-0.05, 0) is 12.1 Å². The number of carbonyl (C=O) groups is 1. The number of hydrogen-bond acceptors (Lipinski definition) is 3. The Morgan fingerprint density at radius 3 is 2.60 bits per heavy atom. The Morgan fingerprint density at radius 1 is 1.30 bits per heavy atom. The van der Waals surface area contributed by atoms with Crippen molar-refractivity contribution < 1.29 is 4.79 Å². The average Bonchev–Trinajstić information content (AvgIpc) is 2.81. The molecule has 0 saturated heterocycles. The van der Waals surface area contributed by atoms with Crippen molar-refractivity contribution in [2.24, 2.45) is 0 Å². The molecule has 2 nitrogen and oxygen atoms in total. The summed E-state index contributed by atoms with van der Waals surface area (Å²) >= 11 is 13.5. The zero-order valence-electron chi connectivity index (χ0n) is 11.5. The molecule has 5 heteroatoms. The second-order valence-corrected chi connectivity index (χ2v) is 7.31. The minimum atomic E-state index is -0.0627. The predicted molar refractivity (Wildman–Crippen MR) is 85.3 cm³/mol. The molecule has 0 radical (unpaired) electrons. The molecule has 2 aromatic rings. The van der Waals surface area contributed by atoms with Gasteiger partial charge in [0.2, 0.25) is 0 Å². The maximum absolute atomic E-state index is 12.3. The van der Waals surface area contributed by atoms with Crippen LogP contribution in [0.5, 0.6) is 0 Å². The lowest BCUT2D eigenvalue weighted by Gasteiger charge is -2.14. The molecule has 0 aliphatic rings. The largest absolute Gasteiger partial charge is 0.294 e. The van der Waals surface area contributed by atoms with Crippen LogP contribution in [0.4, 0.5) is 0 Å². The van der Waals surface area contributed by atoms with E-state index in [1.807, 2.05) is 5.38 Å². The lowest BCUT2D eigenvalue weighted by molar-refractivity contribution is 0.0993. The highest BCUT2D eigenvalue weighted by Crippen LogP contribution is 2.28. The van der Waals surface area contributed by atoms with Crippen molar-refractivity contribution in [2.45, 2.75) is 32.6 Å². The third-order valence-corrected chi connectivity index (χ3v) is 4.55. The number of ketones is 1. The number of thiazole rings is 1. The van der Waals surface area contributed by atoms with Crippen LogP contribution in [0.1, 0.15) is 41.8 Å². The molecule has 0 saturated carbocycles. The minimum Gasteiger partial charge on any atom is -0.294 e. The monoisotopic (exact) mass is 327 g/mol. The van der Waals surface area contributed by atoms with Crippen molar-refractivity contribution in [1.29, 1.82) is 0 Å². The van der Waals surface area contributed by atoms with Crippen molar-refractivity contribution in [1.82, 2.24) is 4.98 Å². The molecular weight excluding hydrogens is 313 g/mol. The summed E-state index contributed by atoms with van der Waals surface area (Å²) in [6.45, 7) is 6.30. The van der Waals surface area contributed by atoms with E-state index in [0.717, 1.165) is 10.7 Å². The van der Waals surface area contributed by atoms with Gasteiger partial charge >= 0.3 is 0 Å². The van der Waals surface area contributed by atoms with Crippen LogP contribution < -0.4 is 0 Å². The molecule has 0 fully saturated rings. The van der Waals surface area contributed by atoms with Crippen LogP contribution >= 0.6 is 34.5 Å². The Hall–Kier alpha value is -0.900. The van der Waals surface area contributed by atoms with Crippen LogP contribution in [0.2, 0.25) is 10.0 Å². The maximum Gasteiger partial charge on any atom is 0.171 e. The lowest BCUT2D eigenvalue weighted by atomic mass is 9.93. The summed E-state index contributed by atoms with van der Waals surface area (Å²) in [5.74, 6) is -0.0627. The zero-order valence-corrected chi connectivity index (χ0v) is 13.9. The van der Waals surface area contributed by atoms with E-state index in [1.54, 1.807) is 18.2 Å². The second kappa shape index (κ2) is 5.84. The van der Waals surface area contributed by atoms with Gasteiger partial charge in [-0.3, -0.25) is 4.79 Å². The smallest absolute Gasteiger partial charge is 0.171 e. The molecule has 0 amide bonds. The van der Waals surface area contributed by atoms with E-state index in [9.17, 15) is 4.79 Å². The minimum absolute atomic E-state index is 0.00843. The topological polar surface area (TPSA) is 30.0 Å². The van der Waals surface area contributed by atoms with Gasteiger partial charge in [0, 0.05) is 16.4 Å². The predicted octanol–water partition coefficient (Wildman–Crippen LogP) is 5.17.